The highest BCUT2D eigenvalue weighted by molar-refractivity contribution is 6.20. The average Bonchev–Trinajstić information content (AvgIpc) is 2.49. The highest BCUT2D eigenvalue weighted by atomic mass is 35.5. The van der Waals surface area contributed by atoms with Crippen molar-refractivity contribution in [3.8, 4) is 0 Å². The number of halogens is 1. The largest absolute Gasteiger partial charge is 0.336 e. The molecule has 0 aromatic carbocycles. The Morgan fingerprint density at radius 3 is 2.40 bits per heavy atom. The van der Waals surface area contributed by atoms with Crippen LogP contribution in [0.15, 0.2) is 0 Å². The van der Waals surface area contributed by atoms with Gasteiger partial charge in [0, 0.05) is 23.4 Å². The number of hydrogen-bond donors (Lipinski definition) is 0. The van der Waals surface area contributed by atoms with Gasteiger partial charge in [0.15, 0.2) is 0 Å². The van der Waals surface area contributed by atoms with E-state index in [9.17, 15) is 4.79 Å². The van der Waals surface area contributed by atoms with Gasteiger partial charge in [0.25, 0.3) is 0 Å². The number of alkyl halides is 1. The van der Waals surface area contributed by atoms with Crippen LogP contribution in [0.25, 0.3) is 0 Å². The first-order valence-corrected chi connectivity index (χ1v) is 6.53. The second-order valence-electron chi connectivity index (χ2n) is 5.01. The Bertz CT molecular complexity index is 242. The number of rotatable bonds is 2. The summed E-state index contributed by atoms with van der Waals surface area (Å²) in [5.41, 5.74) is 0. The summed E-state index contributed by atoms with van der Waals surface area (Å²) in [7, 11) is 0. The summed E-state index contributed by atoms with van der Waals surface area (Å²) in [6.07, 6.45) is 5.27. The molecule has 0 spiro atoms. The Kier molecular flexibility index (Phi) is 3.24. The van der Waals surface area contributed by atoms with Crippen LogP contribution in [0.4, 0.5) is 0 Å². The monoisotopic (exact) mass is 229 g/mol. The Labute approximate surface area is 97.0 Å². The smallest absolute Gasteiger partial charge is 0.225 e. The van der Waals surface area contributed by atoms with E-state index in [-0.39, 0.29) is 5.92 Å². The van der Waals surface area contributed by atoms with E-state index in [0.29, 0.717) is 23.4 Å². The first-order valence-electron chi connectivity index (χ1n) is 6.09. The van der Waals surface area contributed by atoms with Crippen molar-refractivity contribution in [2.24, 2.45) is 5.92 Å². The molecule has 0 saturated carbocycles. The molecule has 2 rings (SSSR count). The van der Waals surface area contributed by atoms with E-state index < -0.39 is 0 Å². The highest BCUT2D eigenvalue weighted by Crippen LogP contribution is 2.38. The third kappa shape index (κ3) is 2.01. The molecule has 0 aromatic rings. The maximum atomic E-state index is 12.2. The predicted octanol–water partition coefficient (Wildman–Crippen LogP) is 2.79. The Balaban J connectivity index is 2.08. The zero-order chi connectivity index (χ0) is 11.0. The fraction of sp³-hybridized carbons (Fsp3) is 0.917. The standard InChI is InChI=1S/C12H20ClNO/c1-3-8(2)12(15)14-10-4-5-11(14)7-9(13)6-10/h8-11H,3-7H2,1-2H3. The van der Waals surface area contributed by atoms with Gasteiger partial charge in [-0.1, -0.05) is 13.8 Å². The lowest BCUT2D eigenvalue weighted by Crippen LogP contribution is -2.48. The molecule has 15 heavy (non-hydrogen) atoms. The SMILES string of the molecule is CCC(C)C(=O)N1C2CCC1CC(Cl)C2. The fourth-order valence-corrected chi connectivity index (χ4v) is 3.31. The van der Waals surface area contributed by atoms with Crippen molar-refractivity contribution in [1.29, 1.82) is 0 Å². The summed E-state index contributed by atoms with van der Waals surface area (Å²) in [5.74, 6) is 0.536. The molecule has 2 aliphatic rings. The third-order valence-corrected chi connectivity index (χ3v) is 4.32. The molecule has 1 amide bonds. The van der Waals surface area contributed by atoms with Crippen molar-refractivity contribution in [3.05, 3.63) is 0 Å². The zero-order valence-corrected chi connectivity index (χ0v) is 10.3. The summed E-state index contributed by atoms with van der Waals surface area (Å²) in [6, 6.07) is 0.875. The van der Waals surface area contributed by atoms with E-state index in [4.69, 9.17) is 11.6 Å². The number of fused-ring (bicyclic) bond motifs is 2. The number of carbonyl (C=O) groups excluding carboxylic acids is 1. The second-order valence-corrected chi connectivity index (χ2v) is 5.63. The minimum Gasteiger partial charge on any atom is -0.336 e. The second kappa shape index (κ2) is 4.32. The number of piperidine rings is 1. The molecule has 0 aliphatic carbocycles. The van der Waals surface area contributed by atoms with E-state index in [1.807, 2.05) is 6.92 Å². The van der Waals surface area contributed by atoms with Crippen molar-refractivity contribution < 1.29 is 4.79 Å². The number of amides is 1. The van der Waals surface area contributed by atoms with Crippen molar-refractivity contribution in [3.63, 3.8) is 0 Å². The van der Waals surface area contributed by atoms with Crippen LogP contribution in [0.1, 0.15) is 46.0 Å². The van der Waals surface area contributed by atoms with Gasteiger partial charge in [-0.15, -0.1) is 11.6 Å². The molecule has 0 radical (unpaired) electrons. The molecule has 2 nitrogen and oxygen atoms in total. The van der Waals surface area contributed by atoms with Gasteiger partial charge in [-0.25, -0.2) is 0 Å². The predicted molar refractivity (Wildman–Crippen MR) is 62.0 cm³/mol. The number of hydrogen-bond acceptors (Lipinski definition) is 1. The molecule has 3 atom stereocenters. The highest BCUT2D eigenvalue weighted by Gasteiger charge is 2.43. The maximum Gasteiger partial charge on any atom is 0.225 e. The molecule has 3 heteroatoms. The lowest BCUT2D eigenvalue weighted by atomic mass is 9.99. The minimum absolute atomic E-state index is 0.181. The maximum absolute atomic E-state index is 12.2. The van der Waals surface area contributed by atoms with Crippen molar-refractivity contribution in [2.45, 2.75) is 63.4 Å². The molecular formula is C12H20ClNO. The van der Waals surface area contributed by atoms with Crippen molar-refractivity contribution >= 4 is 17.5 Å². The Hall–Kier alpha value is -0.240. The summed E-state index contributed by atoms with van der Waals surface area (Å²) in [5, 5.41) is 0.295. The van der Waals surface area contributed by atoms with Gasteiger partial charge >= 0.3 is 0 Å². The van der Waals surface area contributed by atoms with Crippen molar-refractivity contribution in [2.75, 3.05) is 0 Å². The van der Waals surface area contributed by atoms with Crippen LogP contribution < -0.4 is 0 Å². The zero-order valence-electron chi connectivity index (χ0n) is 9.58. The van der Waals surface area contributed by atoms with E-state index in [1.165, 1.54) is 0 Å². The summed E-state index contributed by atoms with van der Waals surface area (Å²) in [6.45, 7) is 4.12. The first kappa shape index (κ1) is 11.3. The summed E-state index contributed by atoms with van der Waals surface area (Å²) < 4.78 is 0. The van der Waals surface area contributed by atoms with Crippen LogP contribution in [0, 0.1) is 5.92 Å². The van der Waals surface area contributed by atoms with Gasteiger partial charge < -0.3 is 4.90 Å². The minimum atomic E-state index is 0.181. The van der Waals surface area contributed by atoms with Crippen molar-refractivity contribution in [1.82, 2.24) is 4.90 Å². The fourth-order valence-electron chi connectivity index (χ4n) is 2.90. The number of nitrogens with zero attached hydrogens (tertiary/aromatic N) is 1. The van der Waals surface area contributed by atoms with Crippen LogP contribution in [-0.4, -0.2) is 28.3 Å². The lowest BCUT2D eigenvalue weighted by Gasteiger charge is -2.38. The van der Waals surface area contributed by atoms with Crippen LogP contribution in [0.2, 0.25) is 0 Å². The molecular weight excluding hydrogens is 210 g/mol. The number of carbonyl (C=O) groups is 1. The molecule has 2 saturated heterocycles. The Morgan fingerprint density at radius 1 is 1.40 bits per heavy atom. The van der Waals surface area contributed by atoms with E-state index in [0.717, 1.165) is 32.1 Å². The molecule has 2 fully saturated rings. The molecule has 2 aliphatic heterocycles. The van der Waals surface area contributed by atoms with Gasteiger partial charge in [-0.05, 0) is 32.1 Å². The van der Waals surface area contributed by atoms with Crippen LogP contribution >= 0.6 is 11.6 Å². The van der Waals surface area contributed by atoms with Crippen LogP contribution in [0.3, 0.4) is 0 Å². The topological polar surface area (TPSA) is 20.3 Å². The Morgan fingerprint density at radius 2 is 1.93 bits per heavy atom. The average molecular weight is 230 g/mol. The van der Waals surface area contributed by atoms with Gasteiger partial charge in [-0.3, -0.25) is 4.79 Å². The summed E-state index contributed by atoms with van der Waals surface area (Å²) in [4.78, 5) is 14.3. The van der Waals surface area contributed by atoms with Gasteiger partial charge in [0.1, 0.15) is 0 Å². The molecule has 2 bridgehead atoms. The van der Waals surface area contributed by atoms with Gasteiger partial charge in [0.05, 0.1) is 0 Å². The third-order valence-electron chi connectivity index (χ3n) is 3.96. The quantitative estimate of drug-likeness (QED) is 0.667. The molecule has 0 N–H and O–H groups in total. The van der Waals surface area contributed by atoms with Crippen LogP contribution in [-0.2, 0) is 4.79 Å². The normalized spacial score (nSPS) is 36.7. The summed E-state index contributed by atoms with van der Waals surface area (Å²) >= 11 is 6.19. The first-order chi connectivity index (χ1) is 7.13. The van der Waals surface area contributed by atoms with Gasteiger partial charge in [0.2, 0.25) is 5.91 Å². The van der Waals surface area contributed by atoms with E-state index in [1.54, 1.807) is 0 Å². The molecule has 86 valence electrons. The molecule has 3 unspecified atom stereocenters. The molecule has 2 heterocycles. The molecule has 0 aromatic heterocycles. The van der Waals surface area contributed by atoms with Crippen LogP contribution in [0.5, 0.6) is 0 Å². The lowest BCUT2D eigenvalue weighted by molar-refractivity contribution is -0.139. The van der Waals surface area contributed by atoms with E-state index >= 15 is 0 Å². The van der Waals surface area contributed by atoms with E-state index in [2.05, 4.69) is 11.8 Å². The van der Waals surface area contributed by atoms with Gasteiger partial charge in [-0.2, -0.15) is 0 Å².